The lowest BCUT2D eigenvalue weighted by molar-refractivity contribution is 0.0697. The highest BCUT2D eigenvalue weighted by Gasteiger charge is 2.12. The normalized spacial score (nSPS) is 11.1. The maximum Gasteiger partial charge on any atom is 0.335 e. The molecule has 4 rings (SSSR count). The fraction of sp³-hybridized carbons (Fsp3) is 0.0417. The fourth-order valence-corrected chi connectivity index (χ4v) is 3.23. The van der Waals surface area contributed by atoms with Crippen LogP contribution in [0.4, 0.5) is 0 Å². The van der Waals surface area contributed by atoms with Crippen molar-refractivity contribution in [3.05, 3.63) is 100 Å². The topological polar surface area (TPSA) is 81.4 Å². The Morgan fingerprint density at radius 3 is 2.40 bits per heavy atom. The van der Waals surface area contributed by atoms with E-state index in [1.165, 1.54) is 16.7 Å². The van der Waals surface area contributed by atoms with Crippen molar-refractivity contribution in [3.8, 4) is 11.4 Å². The molecule has 148 valence electrons. The van der Waals surface area contributed by atoms with Gasteiger partial charge in [0.05, 0.1) is 29.3 Å². The number of nitrogens with zero attached hydrogens (tertiary/aromatic N) is 2. The number of aromatic carboxylic acids is 1. The van der Waals surface area contributed by atoms with Gasteiger partial charge in [-0.15, -0.1) is 0 Å². The number of carbonyl (C=O) groups is 1. The van der Waals surface area contributed by atoms with Gasteiger partial charge in [0, 0.05) is 5.56 Å². The molecule has 1 N–H and O–H groups in total. The van der Waals surface area contributed by atoms with Crippen molar-refractivity contribution >= 4 is 29.0 Å². The molecule has 1 heterocycles. The summed E-state index contributed by atoms with van der Waals surface area (Å²) in [6.07, 6.45) is 3.58. The second kappa shape index (κ2) is 8.05. The standard InChI is InChI=1S/C24H18N2O4/c1-30-21-9-5-2-6-16(21)12-15-22-25-20-8-4-3-7-19(20)23(27)26(22)18-13-10-17(11-14-18)24(28)29/h2-15H,1H3,(H,28,29). The minimum atomic E-state index is -1.03. The molecule has 0 fully saturated rings. The number of methoxy groups -OCH3 is 1. The molecular formula is C24H18N2O4. The largest absolute Gasteiger partial charge is 0.496 e. The molecule has 0 aliphatic heterocycles. The zero-order valence-electron chi connectivity index (χ0n) is 16.1. The summed E-state index contributed by atoms with van der Waals surface area (Å²) in [6.45, 7) is 0. The predicted octanol–water partition coefficient (Wildman–Crippen LogP) is 4.26. The molecule has 0 spiro atoms. The van der Waals surface area contributed by atoms with E-state index in [0.717, 1.165) is 5.56 Å². The first kappa shape index (κ1) is 19.1. The van der Waals surface area contributed by atoms with Gasteiger partial charge in [-0.1, -0.05) is 30.3 Å². The van der Waals surface area contributed by atoms with Crippen molar-refractivity contribution in [1.82, 2.24) is 9.55 Å². The third-order valence-electron chi connectivity index (χ3n) is 4.72. The lowest BCUT2D eigenvalue weighted by Gasteiger charge is -2.12. The molecule has 0 atom stereocenters. The maximum absolute atomic E-state index is 13.3. The molecular weight excluding hydrogens is 380 g/mol. The average molecular weight is 398 g/mol. The van der Waals surface area contributed by atoms with E-state index in [-0.39, 0.29) is 11.1 Å². The first-order valence-electron chi connectivity index (χ1n) is 9.25. The Bertz CT molecular complexity index is 1320. The first-order valence-corrected chi connectivity index (χ1v) is 9.25. The minimum absolute atomic E-state index is 0.145. The number of benzene rings is 3. The molecule has 30 heavy (non-hydrogen) atoms. The van der Waals surface area contributed by atoms with Gasteiger partial charge < -0.3 is 9.84 Å². The van der Waals surface area contributed by atoms with Gasteiger partial charge >= 0.3 is 5.97 Å². The minimum Gasteiger partial charge on any atom is -0.496 e. The summed E-state index contributed by atoms with van der Waals surface area (Å²) < 4.78 is 6.85. The fourth-order valence-electron chi connectivity index (χ4n) is 3.23. The number of hydrogen-bond donors (Lipinski definition) is 1. The van der Waals surface area contributed by atoms with E-state index in [1.54, 1.807) is 43.5 Å². The Balaban J connectivity index is 1.91. The van der Waals surface area contributed by atoms with E-state index in [9.17, 15) is 9.59 Å². The number of hydrogen-bond acceptors (Lipinski definition) is 4. The maximum atomic E-state index is 13.3. The van der Waals surface area contributed by atoms with Gasteiger partial charge in [0.15, 0.2) is 0 Å². The molecule has 0 unspecified atom stereocenters. The highest BCUT2D eigenvalue weighted by Crippen LogP contribution is 2.21. The average Bonchev–Trinajstić information content (AvgIpc) is 2.78. The van der Waals surface area contributed by atoms with Gasteiger partial charge in [0.25, 0.3) is 5.56 Å². The van der Waals surface area contributed by atoms with Gasteiger partial charge in [0.1, 0.15) is 11.6 Å². The van der Waals surface area contributed by atoms with E-state index in [2.05, 4.69) is 4.98 Å². The zero-order chi connectivity index (χ0) is 21.1. The lowest BCUT2D eigenvalue weighted by Crippen LogP contribution is -2.22. The van der Waals surface area contributed by atoms with Crippen LogP contribution in [0.5, 0.6) is 5.75 Å². The molecule has 1 aromatic heterocycles. The molecule has 6 heteroatoms. The van der Waals surface area contributed by atoms with Crippen LogP contribution in [-0.4, -0.2) is 27.7 Å². The summed E-state index contributed by atoms with van der Waals surface area (Å²) >= 11 is 0. The van der Waals surface area contributed by atoms with Gasteiger partial charge in [0.2, 0.25) is 0 Å². The van der Waals surface area contributed by atoms with Crippen LogP contribution < -0.4 is 10.3 Å². The number of para-hydroxylation sites is 2. The molecule has 0 saturated heterocycles. The highest BCUT2D eigenvalue weighted by molar-refractivity contribution is 5.88. The summed E-state index contributed by atoms with van der Waals surface area (Å²) in [5.41, 5.74) is 1.87. The SMILES string of the molecule is COc1ccccc1C=Cc1nc2ccccc2c(=O)n1-c1ccc(C(=O)O)cc1. The lowest BCUT2D eigenvalue weighted by atomic mass is 10.1. The Hall–Kier alpha value is -4.19. The molecule has 6 nitrogen and oxygen atoms in total. The van der Waals surface area contributed by atoms with E-state index < -0.39 is 5.97 Å². The van der Waals surface area contributed by atoms with Crippen LogP contribution in [-0.2, 0) is 0 Å². The second-order valence-electron chi connectivity index (χ2n) is 6.56. The van der Waals surface area contributed by atoms with E-state index in [4.69, 9.17) is 9.84 Å². The second-order valence-corrected chi connectivity index (χ2v) is 6.56. The van der Waals surface area contributed by atoms with Crippen LogP contribution in [0.2, 0.25) is 0 Å². The highest BCUT2D eigenvalue weighted by atomic mass is 16.5. The summed E-state index contributed by atoms with van der Waals surface area (Å²) in [5.74, 6) is 0.101. The third kappa shape index (κ3) is 3.58. The Morgan fingerprint density at radius 2 is 1.67 bits per heavy atom. The van der Waals surface area contributed by atoms with Crippen molar-refractivity contribution < 1.29 is 14.6 Å². The molecule has 0 aliphatic carbocycles. The van der Waals surface area contributed by atoms with Crippen LogP contribution in [0.3, 0.4) is 0 Å². The van der Waals surface area contributed by atoms with Crippen molar-refractivity contribution in [2.24, 2.45) is 0 Å². The number of carboxylic acid groups (broad SMARTS) is 1. The number of aromatic nitrogens is 2. The van der Waals surface area contributed by atoms with Gasteiger partial charge in [-0.05, 0) is 54.6 Å². The van der Waals surface area contributed by atoms with Crippen molar-refractivity contribution in [3.63, 3.8) is 0 Å². The summed E-state index contributed by atoms with van der Waals surface area (Å²) in [6, 6.07) is 20.8. The van der Waals surface area contributed by atoms with Gasteiger partial charge in [-0.25, -0.2) is 9.78 Å². The molecule has 0 aliphatic rings. The Kier molecular flexibility index (Phi) is 5.13. The number of rotatable bonds is 5. The number of ether oxygens (including phenoxy) is 1. The summed E-state index contributed by atoms with van der Waals surface area (Å²) in [5, 5.41) is 9.63. The third-order valence-corrected chi connectivity index (χ3v) is 4.72. The molecule has 3 aromatic carbocycles. The van der Waals surface area contributed by atoms with Crippen LogP contribution >= 0.6 is 0 Å². The molecule has 0 amide bonds. The molecule has 4 aromatic rings. The quantitative estimate of drug-likeness (QED) is 0.543. The van der Waals surface area contributed by atoms with Crippen LogP contribution in [0.1, 0.15) is 21.7 Å². The predicted molar refractivity (Wildman–Crippen MR) is 116 cm³/mol. The van der Waals surface area contributed by atoms with E-state index >= 15 is 0 Å². The summed E-state index contributed by atoms with van der Waals surface area (Å²) in [7, 11) is 1.60. The number of fused-ring (bicyclic) bond motifs is 1. The van der Waals surface area contributed by atoms with E-state index in [0.29, 0.717) is 28.2 Å². The van der Waals surface area contributed by atoms with Crippen molar-refractivity contribution in [1.29, 1.82) is 0 Å². The van der Waals surface area contributed by atoms with Gasteiger partial charge in [-0.3, -0.25) is 9.36 Å². The number of carboxylic acids is 1. The van der Waals surface area contributed by atoms with Crippen molar-refractivity contribution in [2.75, 3.05) is 7.11 Å². The van der Waals surface area contributed by atoms with Gasteiger partial charge in [-0.2, -0.15) is 0 Å². The Morgan fingerprint density at radius 1 is 0.967 bits per heavy atom. The van der Waals surface area contributed by atoms with Crippen LogP contribution in [0.15, 0.2) is 77.6 Å². The van der Waals surface area contributed by atoms with Crippen LogP contribution in [0, 0.1) is 0 Å². The molecule has 0 radical (unpaired) electrons. The first-order chi connectivity index (χ1) is 14.6. The Labute approximate surface area is 172 Å². The van der Waals surface area contributed by atoms with Crippen molar-refractivity contribution in [2.45, 2.75) is 0 Å². The zero-order valence-corrected chi connectivity index (χ0v) is 16.1. The summed E-state index contributed by atoms with van der Waals surface area (Å²) in [4.78, 5) is 29.1. The van der Waals surface area contributed by atoms with E-state index in [1.807, 2.05) is 36.4 Å². The smallest absolute Gasteiger partial charge is 0.335 e. The molecule has 0 saturated carbocycles. The monoisotopic (exact) mass is 398 g/mol. The molecule has 0 bridgehead atoms. The van der Waals surface area contributed by atoms with Crippen LogP contribution in [0.25, 0.3) is 28.7 Å².